The van der Waals surface area contributed by atoms with E-state index in [0.717, 1.165) is 0 Å². The van der Waals surface area contributed by atoms with Gasteiger partial charge < -0.3 is 19.9 Å². The fourth-order valence-corrected chi connectivity index (χ4v) is 2.56. The molecule has 0 aromatic heterocycles. The Morgan fingerprint density at radius 2 is 1.57 bits per heavy atom. The third kappa shape index (κ3) is 4.88. The van der Waals surface area contributed by atoms with Crippen LogP contribution in [-0.4, -0.2) is 42.0 Å². The number of hydrogen-bond acceptors (Lipinski definition) is 5. The minimum Gasteiger partial charge on any atom is -0.490 e. The number of rotatable bonds is 9. The Kier molecular flexibility index (Phi) is 7.14. The number of hydrogen-bond donors (Lipinski definition) is 2. The molecule has 2 rings (SSSR count). The summed E-state index contributed by atoms with van der Waals surface area (Å²) in [6, 6.07) is 10.0. The van der Waals surface area contributed by atoms with Crippen LogP contribution in [0.1, 0.15) is 47.1 Å². The van der Waals surface area contributed by atoms with Gasteiger partial charge in [-0.25, -0.2) is 0 Å². The van der Waals surface area contributed by atoms with Gasteiger partial charge >= 0.3 is 5.97 Å². The van der Waals surface area contributed by atoms with E-state index in [1.165, 1.54) is 19.1 Å². The first-order valence-corrected chi connectivity index (χ1v) is 8.96. The van der Waals surface area contributed by atoms with Gasteiger partial charge in [-0.1, -0.05) is 18.2 Å². The van der Waals surface area contributed by atoms with Gasteiger partial charge in [0.2, 0.25) is 0 Å². The number of aliphatic carboxylic acids is 1. The molecular weight excluding hydrogens is 362 g/mol. The first kappa shape index (κ1) is 21.0. The lowest BCUT2D eigenvalue weighted by Crippen LogP contribution is -2.38. The van der Waals surface area contributed by atoms with E-state index in [1.54, 1.807) is 30.3 Å². The van der Waals surface area contributed by atoms with Crippen molar-refractivity contribution in [1.29, 1.82) is 0 Å². The van der Waals surface area contributed by atoms with Crippen LogP contribution in [0.25, 0.3) is 0 Å². The van der Waals surface area contributed by atoms with Gasteiger partial charge in [-0.3, -0.25) is 14.4 Å². The number of nitrogens with one attached hydrogen (secondary N) is 1. The summed E-state index contributed by atoms with van der Waals surface area (Å²) < 4.78 is 11.1. The number of amides is 1. The molecule has 7 heteroatoms. The number of carbonyl (C=O) groups is 3. The Morgan fingerprint density at radius 1 is 0.964 bits per heavy atom. The van der Waals surface area contributed by atoms with Gasteiger partial charge in [-0.05, 0) is 45.0 Å². The minimum absolute atomic E-state index is 0.104. The zero-order chi connectivity index (χ0) is 20.7. The number of carboxylic acids is 1. The smallest absolute Gasteiger partial charge is 0.325 e. The maximum atomic E-state index is 13.0. The molecule has 1 amide bonds. The van der Waals surface area contributed by atoms with Crippen molar-refractivity contribution >= 4 is 17.7 Å². The summed E-state index contributed by atoms with van der Waals surface area (Å²) in [5, 5.41) is 11.3. The summed E-state index contributed by atoms with van der Waals surface area (Å²) >= 11 is 0. The molecule has 2 aromatic rings. The molecule has 0 radical (unpaired) electrons. The molecule has 0 bridgehead atoms. The molecule has 2 N–H and O–H groups in total. The Balaban J connectivity index is 2.38. The molecule has 0 spiro atoms. The van der Waals surface area contributed by atoms with Crippen molar-refractivity contribution in [1.82, 2.24) is 5.32 Å². The zero-order valence-electron chi connectivity index (χ0n) is 16.0. The summed E-state index contributed by atoms with van der Waals surface area (Å²) in [6.07, 6.45) is 0. The lowest BCUT2D eigenvalue weighted by atomic mass is 9.97. The van der Waals surface area contributed by atoms with Crippen LogP contribution in [0.4, 0.5) is 0 Å². The highest BCUT2D eigenvalue weighted by Crippen LogP contribution is 2.29. The fourth-order valence-electron chi connectivity index (χ4n) is 2.56. The van der Waals surface area contributed by atoms with Crippen molar-refractivity contribution in [2.24, 2.45) is 0 Å². The van der Waals surface area contributed by atoms with E-state index >= 15 is 0 Å². The first-order chi connectivity index (χ1) is 13.4. The summed E-state index contributed by atoms with van der Waals surface area (Å²) in [4.78, 5) is 36.5. The van der Waals surface area contributed by atoms with Crippen LogP contribution in [0.15, 0.2) is 42.5 Å². The molecular formula is C21H23NO6. The molecule has 7 nitrogen and oxygen atoms in total. The van der Waals surface area contributed by atoms with E-state index in [0.29, 0.717) is 30.3 Å². The molecule has 0 aliphatic carbocycles. The summed E-state index contributed by atoms with van der Waals surface area (Å²) in [7, 11) is 0. The predicted octanol–water partition coefficient (Wildman–Crippen LogP) is 2.92. The van der Waals surface area contributed by atoms with Crippen LogP contribution in [-0.2, 0) is 4.79 Å². The van der Waals surface area contributed by atoms with E-state index in [2.05, 4.69) is 5.32 Å². The molecule has 2 aromatic carbocycles. The molecule has 0 fully saturated rings. The molecule has 148 valence electrons. The van der Waals surface area contributed by atoms with Gasteiger partial charge in [0.1, 0.15) is 6.04 Å². The van der Waals surface area contributed by atoms with Gasteiger partial charge in [0.15, 0.2) is 17.3 Å². The predicted molar refractivity (Wildman–Crippen MR) is 103 cm³/mol. The molecule has 0 aliphatic heterocycles. The highest BCUT2D eigenvalue weighted by Gasteiger charge is 2.22. The van der Waals surface area contributed by atoms with Crippen molar-refractivity contribution in [2.45, 2.75) is 26.8 Å². The highest BCUT2D eigenvalue weighted by atomic mass is 16.5. The van der Waals surface area contributed by atoms with Gasteiger partial charge in [0, 0.05) is 11.1 Å². The monoisotopic (exact) mass is 385 g/mol. The second-order valence-corrected chi connectivity index (χ2v) is 5.94. The largest absolute Gasteiger partial charge is 0.490 e. The van der Waals surface area contributed by atoms with Crippen LogP contribution in [0.3, 0.4) is 0 Å². The Hall–Kier alpha value is -3.35. The van der Waals surface area contributed by atoms with Crippen molar-refractivity contribution in [3.63, 3.8) is 0 Å². The molecule has 1 atom stereocenters. The second-order valence-electron chi connectivity index (χ2n) is 5.94. The van der Waals surface area contributed by atoms with Crippen LogP contribution in [0.2, 0.25) is 0 Å². The zero-order valence-corrected chi connectivity index (χ0v) is 16.0. The lowest BCUT2D eigenvalue weighted by molar-refractivity contribution is -0.138. The SMILES string of the molecule is CCOc1ccc(C(=O)c2ccccc2C(=O)N[C@@H](C)C(=O)O)cc1OCC. The van der Waals surface area contributed by atoms with Crippen LogP contribution in [0, 0.1) is 0 Å². The van der Waals surface area contributed by atoms with Crippen molar-refractivity contribution in [3.05, 3.63) is 59.2 Å². The second kappa shape index (κ2) is 9.55. The number of carbonyl (C=O) groups excluding carboxylic acids is 2. The number of ketones is 1. The summed E-state index contributed by atoms with van der Waals surface area (Å²) in [5.74, 6) is -1.20. The third-order valence-corrected chi connectivity index (χ3v) is 3.94. The van der Waals surface area contributed by atoms with Gasteiger partial charge in [-0.15, -0.1) is 0 Å². The van der Waals surface area contributed by atoms with Crippen molar-refractivity contribution < 1.29 is 29.0 Å². The van der Waals surface area contributed by atoms with E-state index < -0.39 is 17.9 Å². The summed E-state index contributed by atoms with van der Waals surface area (Å²) in [5.41, 5.74) is 0.607. The molecule has 0 unspecified atom stereocenters. The Bertz CT molecular complexity index is 877. The normalized spacial score (nSPS) is 11.4. The maximum Gasteiger partial charge on any atom is 0.325 e. The first-order valence-electron chi connectivity index (χ1n) is 8.96. The van der Waals surface area contributed by atoms with E-state index in [-0.39, 0.29) is 16.9 Å². The Morgan fingerprint density at radius 3 is 2.18 bits per heavy atom. The van der Waals surface area contributed by atoms with E-state index in [1.807, 2.05) is 13.8 Å². The number of ether oxygens (including phenoxy) is 2. The van der Waals surface area contributed by atoms with Gasteiger partial charge in [0.25, 0.3) is 5.91 Å². The minimum atomic E-state index is -1.16. The van der Waals surface area contributed by atoms with Crippen molar-refractivity contribution in [3.8, 4) is 11.5 Å². The lowest BCUT2D eigenvalue weighted by Gasteiger charge is -2.14. The number of carboxylic acid groups (broad SMARTS) is 1. The molecule has 0 saturated heterocycles. The molecule has 0 saturated carbocycles. The average Bonchev–Trinajstić information content (AvgIpc) is 2.69. The third-order valence-electron chi connectivity index (χ3n) is 3.94. The van der Waals surface area contributed by atoms with Gasteiger partial charge in [0.05, 0.1) is 18.8 Å². The van der Waals surface area contributed by atoms with Crippen LogP contribution in [0.5, 0.6) is 11.5 Å². The molecule has 28 heavy (non-hydrogen) atoms. The number of benzene rings is 2. The average molecular weight is 385 g/mol. The van der Waals surface area contributed by atoms with Crippen LogP contribution >= 0.6 is 0 Å². The molecule has 0 aliphatic rings. The Labute approximate surface area is 163 Å². The summed E-state index contributed by atoms with van der Waals surface area (Å²) in [6.45, 7) is 5.89. The van der Waals surface area contributed by atoms with E-state index in [4.69, 9.17) is 14.6 Å². The topological polar surface area (TPSA) is 102 Å². The van der Waals surface area contributed by atoms with Crippen LogP contribution < -0.4 is 14.8 Å². The van der Waals surface area contributed by atoms with E-state index in [9.17, 15) is 14.4 Å². The molecule has 0 heterocycles. The maximum absolute atomic E-state index is 13.0. The highest BCUT2D eigenvalue weighted by molar-refractivity contribution is 6.15. The van der Waals surface area contributed by atoms with Crippen molar-refractivity contribution in [2.75, 3.05) is 13.2 Å². The standard InChI is InChI=1S/C21H23NO6/c1-4-27-17-11-10-14(12-18(17)28-5-2)19(23)15-8-6-7-9-16(15)20(24)22-13(3)21(25)26/h6-13H,4-5H2,1-3H3,(H,22,24)(H,25,26)/t13-/m0/s1. The van der Waals surface area contributed by atoms with Gasteiger partial charge in [-0.2, -0.15) is 0 Å². The fraction of sp³-hybridized carbons (Fsp3) is 0.286. The quantitative estimate of drug-likeness (QED) is 0.644.